The van der Waals surface area contributed by atoms with Gasteiger partial charge in [-0.1, -0.05) is 54.6 Å². The molecule has 1 aromatic heterocycles. The van der Waals surface area contributed by atoms with Crippen molar-refractivity contribution in [3.05, 3.63) is 83.7 Å². The summed E-state index contributed by atoms with van der Waals surface area (Å²) < 4.78 is 0. The molecule has 0 aliphatic carbocycles. The van der Waals surface area contributed by atoms with Gasteiger partial charge in [-0.3, -0.25) is 9.69 Å². The number of likely N-dealkylation sites (tertiary alicyclic amines) is 1. The zero-order valence-corrected chi connectivity index (χ0v) is 17.4. The Morgan fingerprint density at radius 3 is 2.55 bits per heavy atom. The van der Waals surface area contributed by atoms with E-state index in [2.05, 4.69) is 39.1 Å². The van der Waals surface area contributed by atoms with Crippen LogP contribution in [0.3, 0.4) is 0 Å². The van der Waals surface area contributed by atoms with E-state index < -0.39 is 6.10 Å². The molecule has 2 aliphatic heterocycles. The third-order valence-electron chi connectivity index (χ3n) is 6.37. The number of hydrogen-bond acceptors (Lipinski definition) is 5. The summed E-state index contributed by atoms with van der Waals surface area (Å²) in [5, 5.41) is 10.9. The van der Waals surface area contributed by atoms with Gasteiger partial charge in [-0.05, 0) is 30.0 Å². The second kappa shape index (κ2) is 8.57. The zero-order chi connectivity index (χ0) is 21.2. The average molecular weight is 415 g/mol. The van der Waals surface area contributed by atoms with Gasteiger partial charge < -0.3 is 10.0 Å². The van der Waals surface area contributed by atoms with E-state index >= 15 is 0 Å². The van der Waals surface area contributed by atoms with Crippen molar-refractivity contribution in [3.8, 4) is 11.4 Å². The maximum absolute atomic E-state index is 13.1. The van der Waals surface area contributed by atoms with Gasteiger partial charge >= 0.3 is 0 Å². The van der Waals surface area contributed by atoms with Crippen molar-refractivity contribution >= 4 is 5.91 Å². The molecule has 0 saturated carbocycles. The summed E-state index contributed by atoms with van der Waals surface area (Å²) in [5.74, 6) is 0.384. The van der Waals surface area contributed by atoms with Gasteiger partial charge in [-0.2, -0.15) is 0 Å². The molecule has 5 rings (SSSR count). The fraction of sp³-hybridized carbons (Fsp3) is 0.320. The van der Waals surface area contributed by atoms with Crippen LogP contribution in [-0.4, -0.2) is 62.6 Å². The average Bonchev–Trinajstić information content (AvgIpc) is 2.84. The smallest absolute Gasteiger partial charge is 0.272 e. The largest absolute Gasteiger partial charge is 0.390 e. The number of fused-ring (bicyclic) bond motifs is 1. The molecule has 6 heteroatoms. The number of carbonyl (C=O) groups excluding carboxylic acids is 1. The number of benzene rings is 2. The SMILES string of the molecule is O=C(c1ccnc(-c2ccccc2)n1)N1CCC(N2CCc3ccccc3C2)C(O)C1. The van der Waals surface area contributed by atoms with E-state index in [0.717, 1.165) is 31.5 Å². The zero-order valence-electron chi connectivity index (χ0n) is 17.4. The fourth-order valence-corrected chi connectivity index (χ4v) is 4.70. The molecular formula is C25H26N4O2. The second-order valence-corrected chi connectivity index (χ2v) is 8.30. The van der Waals surface area contributed by atoms with Crippen molar-refractivity contribution in [2.24, 2.45) is 0 Å². The van der Waals surface area contributed by atoms with Crippen LogP contribution < -0.4 is 0 Å². The first-order valence-corrected chi connectivity index (χ1v) is 10.9. The molecule has 2 aliphatic rings. The van der Waals surface area contributed by atoms with Crippen LogP contribution in [0.1, 0.15) is 28.0 Å². The molecule has 1 amide bonds. The van der Waals surface area contributed by atoms with E-state index in [-0.39, 0.29) is 11.9 Å². The number of β-amino-alcohol motifs (C(OH)–C–C–N with tert-alkyl or cyclic N) is 1. The molecule has 0 bridgehead atoms. The van der Waals surface area contributed by atoms with Crippen LogP contribution in [0.25, 0.3) is 11.4 Å². The third-order valence-corrected chi connectivity index (χ3v) is 6.37. The van der Waals surface area contributed by atoms with Crippen LogP contribution in [0.4, 0.5) is 0 Å². The van der Waals surface area contributed by atoms with Gasteiger partial charge in [0.05, 0.1) is 6.10 Å². The maximum Gasteiger partial charge on any atom is 0.272 e. The number of aliphatic hydroxyl groups excluding tert-OH is 1. The first-order valence-electron chi connectivity index (χ1n) is 10.9. The molecule has 0 spiro atoms. The Kier molecular flexibility index (Phi) is 5.49. The van der Waals surface area contributed by atoms with Gasteiger partial charge in [0, 0.05) is 44.0 Å². The van der Waals surface area contributed by atoms with Gasteiger partial charge in [-0.15, -0.1) is 0 Å². The Morgan fingerprint density at radius 2 is 1.74 bits per heavy atom. The first kappa shape index (κ1) is 19.8. The van der Waals surface area contributed by atoms with E-state index in [0.29, 0.717) is 24.6 Å². The number of hydrogen-bond donors (Lipinski definition) is 1. The van der Waals surface area contributed by atoms with Crippen LogP contribution in [0, 0.1) is 0 Å². The lowest BCUT2D eigenvalue weighted by atomic mass is 9.94. The van der Waals surface area contributed by atoms with Crippen molar-refractivity contribution in [2.75, 3.05) is 19.6 Å². The van der Waals surface area contributed by atoms with E-state index in [9.17, 15) is 9.90 Å². The Labute approximate surface area is 182 Å². The van der Waals surface area contributed by atoms with Crippen LogP contribution >= 0.6 is 0 Å². The molecule has 1 fully saturated rings. The fourth-order valence-electron chi connectivity index (χ4n) is 4.70. The summed E-state index contributed by atoms with van der Waals surface area (Å²) in [6.45, 7) is 2.74. The highest BCUT2D eigenvalue weighted by Crippen LogP contribution is 2.26. The molecule has 31 heavy (non-hydrogen) atoms. The molecule has 1 saturated heterocycles. The molecule has 1 N–H and O–H groups in total. The van der Waals surface area contributed by atoms with Crippen LogP contribution in [0.5, 0.6) is 0 Å². The highest BCUT2D eigenvalue weighted by molar-refractivity contribution is 5.92. The lowest BCUT2D eigenvalue weighted by Gasteiger charge is -2.43. The minimum Gasteiger partial charge on any atom is -0.390 e. The minimum absolute atomic E-state index is 0.0719. The molecule has 2 atom stereocenters. The molecule has 158 valence electrons. The highest BCUT2D eigenvalue weighted by Gasteiger charge is 2.35. The van der Waals surface area contributed by atoms with Gasteiger partial charge in [0.25, 0.3) is 5.91 Å². The number of aromatic nitrogens is 2. The van der Waals surface area contributed by atoms with Gasteiger partial charge in [0.15, 0.2) is 5.82 Å². The van der Waals surface area contributed by atoms with Gasteiger partial charge in [-0.25, -0.2) is 9.97 Å². The number of amides is 1. The van der Waals surface area contributed by atoms with Crippen molar-refractivity contribution in [2.45, 2.75) is 31.5 Å². The van der Waals surface area contributed by atoms with Crippen LogP contribution in [0.15, 0.2) is 66.9 Å². The summed E-state index contributed by atoms with van der Waals surface area (Å²) in [6, 6.07) is 19.9. The monoisotopic (exact) mass is 414 g/mol. The molecule has 0 radical (unpaired) electrons. The van der Waals surface area contributed by atoms with Gasteiger partial charge in [0.2, 0.25) is 0 Å². The normalized spacial score (nSPS) is 21.5. The maximum atomic E-state index is 13.1. The topological polar surface area (TPSA) is 69.6 Å². The Balaban J connectivity index is 1.26. The van der Waals surface area contributed by atoms with Crippen molar-refractivity contribution in [1.82, 2.24) is 19.8 Å². The standard InChI is InChI=1S/C25H26N4O2/c30-23-17-29(15-12-22(23)28-14-11-18-6-4-5-9-20(18)16-28)25(31)21-10-13-26-24(27-21)19-7-2-1-3-8-19/h1-10,13,22-23,30H,11-12,14-17H2. The summed E-state index contributed by atoms with van der Waals surface area (Å²) in [7, 11) is 0. The summed E-state index contributed by atoms with van der Waals surface area (Å²) in [5.41, 5.74) is 3.99. The number of aliphatic hydroxyl groups is 1. The number of carbonyl (C=O) groups is 1. The molecule has 3 aromatic rings. The minimum atomic E-state index is -0.571. The van der Waals surface area contributed by atoms with Crippen molar-refractivity contribution in [3.63, 3.8) is 0 Å². The quantitative estimate of drug-likeness (QED) is 0.714. The van der Waals surface area contributed by atoms with Crippen LogP contribution in [0.2, 0.25) is 0 Å². The first-order chi connectivity index (χ1) is 15.2. The van der Waals surface area contributed by atoms with Crippen molar-refractivity contribution < 1.29 is 9.90 Å². The molecule has 3 heterocycles. The number of rotatable bonds is 3. The molecule has 2 unspecified atom stereocenters. The summed E-state index contributed by atoms with van der Waals surface area (Å²) in [6.07, 6.45) is 2.81. The van der Waals surface area contributed by atoms with E-state index in [4.69, 9.17) is 0 Å². The Bertz CT molecular complexity index is 1070. The van der Waals surface area contributed by atoms with Gasteiger partial charge in [0.1, 0.15) is 5.69 Å². The number of nitrogens with zero attached hydrogens (tertiary/aromatic N) is 4. The van der Waals surface area contributed by atoms with E-state index in [1.54, 1.807) is 17.2 Å². The molecular weight excluding hydrogens is 388 g/mol. The molecule has 6 nitrogen and oxygen atoms in total. The van der Waals surface area contributed by atoms with E-state index in [1.165, 1.54) is 11.1 Å². The highest BCUT2D eigenvalue weighted by atomic mass is 16.3. The Morgan fingerprint density at radius 1 is 0.968 bits per heavy atom. The lowest BCUT2D eigenvalue weighted by Crippen LogP contribution is -2.56. The number of piperidine rings is 1. The van der Waals surface area contributed by atoms with E-state index in [1.807, 2.05) is 30.3 Å². The summed E-state index contributed by atoms with van der Waals surface area (Å²) in [4.78, 5) is 26.0. The predicted molar refractivity (Wildman–Crippen MR) is 118 cm³/mol. The Hall–Kier alpha value is -3.09. The summed E-state index contributed by atoms with van der Waals surface area (Å²) >= 11 is 0. The van der Waals surface area contributed by atoms with Crippen molar-refractivity contribution in [1.29, 1.82) is 0 Å². The third kappa shape index (κ3) is 4.09. The second-order valence-electron chi connectivity index (χ2n) is 8.30. The van der Waals surface area contributed by atoms with Crippen LogP contribution in [-0.2, 0) is 13.0 Å². The predicted octanol–water partition coefficient (Wildman–Crippen LogP) is 2.78. The molecule has 2 aromatic carbocycles. The lowest BCUT2D eigenvalue weighted by molar-refractivity contribution is -0.0139.